The molecule has 0 saturated carbocycles. The summed E-state index contributed by atoms with van der Waals surface area (Å²) in [5.41, 5.74) is -0.353. The molecule has 0 aliphatic rings. The van der Waals surface area contributed by atoms with E-state index in [1.54, 1.807) is 0 Å². The lowest BCUT2D eigenvalue weighted by molar-refractivity contribution is 0.0696. The van der Waals surface area contributed by atoms with Gasteiger partial charge in [-0.1, -0.05) is 0 Å². The molecule has 0 aromatic heterocycles. The lowest BCUT2D eigenvalue weighted by Gasteiger charge is -2.09. The molecule has 0 saturated heterocycles. The smallest absolute Gasteiger partial charge is 0.335 e. The number of carboxylic acid groups (broad SMARTS) is 1. The quantitative estimate of drug-likeness (QED) is 0.812. The first kappa shape index (κ1) is 3.81. The molecule has 1 aromatic carbocycles. The Kier molecular flexibility index (Phi) is 1.22. The zero-order valence-corrected chi connectivity index (χ0v) is 6.90. The van der Waals surface area contributed by atoms with Crippen LogP contribution in [0.1, 0.15) is 28.2 Å². The van der Waals surface area contributed by atoms with Crippen LogP contribution in [0.2, 0.25) is 0 Å². The van der Waals surface area contributed by atoms with Crippen LogP contribution in [0.25, 0.3) is 0 Å². The second-order valence-corrected chi connectivity index (χ2v) is 2.27. The van der Waals surface area contributed by atoms with Crippen molar-refractivity contribution in [2.75, 3.05) is 13.6 Å². The molecule has 4 heteroatoms. The number of carbonyl (C=O) groups is 1. The van der Waals surface area contributed by atoms with Gasteiger partial charge in [0.1, 0.15) is 0 Å². The molecule has 0 aliphatic carbocycles. The molecule has 0 unspecified atom stereocenters. The fourth-order valence-corrected chi connectivity index (χ4v) is 0.860. The van der Waals surface area contributed by atoms with Gasteiger partial charge in [0.15, 0.2) is 11.5 Å². The Morgan fingerprint density at radius 2 is 2.50 bits per heavy atom. The van der Waals surface area contributed by atoms with Gasteiger partial charge < -0.3 is 14.6 Å². The van der Waals surface area contributed by atoms with Gasteiger partial charge in [-0.2, -0.15) is 0 Å². The van der Waals surface area contributed by atoms with Crippen LogP contribution in [0.3, 0.4) is 0 Å². The maximum Gasteiger partial charge on any atom is 0.335 e. The number of carboxylic acids is 1. The first-order valence-corrected chi connectivity index (χ1v) is 3.48. The number of aromatic carboxylic acids is 1. The Hall–Kier alpha value is -1.71. The molecule has 1 N–H and O–H groups in total. The van der Waals surface area contributed by atoms with E-state index in [2.05, 4.69) is 9.47 Å². The molecule has 0 atom stereocenters. The van der Waals surface area contributed by atoms with Crippen molar-refractivity contribution in [3.8, 4) is 11.5 Å². The summed E-state index contributed by atoms with van der Waals surface area (Å²) in [5.74, 6) is -2.53. The van der Waals surface area contributed by atoms with Crippen molar-refractivity contribution in [2.45, 2.75) is 6.85 Å². The maximum absolute atomic E-state index is 10.9. The monoisotopic (exact) mass is 204 g/mol. The van der Waals surface area contributed by atoms with Crippen molar-refractivity contribution >= 4 is 5.97 Å². The number of methoxy groups -OCH3 is 1. The second-order valence-electron chi connectivity index (χ2n) is 2.27. The second kappa shape index (κ2) is 4.50. The normalized spacial score (nSPS) is 20.9. The molecule has 14 heavy (non-hydrogen) atoms. The van der Waals surface area contributed by atoms with Gasteiger partial charge in [-0.3, -0.25) is 0 Å². The highest BCUT2D eigenvalue weighted by molar-refractivity contribution is 5.88. The molecule has 4 nitrogen and oxygen atoms in total. The van der Waals surface area contributed by atoms with Crippen molar-refractivity contribution in [3.05, 3.63) is 23.8 Å². The van der Waals surface area contributed by atoms with Crippen LogP contribution in [-0.2, 0) is 0 Å². The summed E-state index contributed by atoms with van der Waals surface area (Å²) in [7, 11) is -2.91. The highest BCUT2D eigenvalue weighted by Gasteiger charge is 2.09. The van der Waals surface area contributed by atoms with E-state index >= 15 is 0 Å². The third-order valence-corrected chi connectivity index (χ3v) is 1.46. The first-order chi connectivity index (χ1) is 9.73. The van der Waals surface area contributed by atoms with E-state index in [0.717, 1.165) is 18.2 Å². The lowest BCUT2D eigenvalue weighted by atomic mass is 10.2. The largest absolute Gasteiger partial charge is 0.493 e. The number of ether oxygens (including phenoxy) is 2. The number of benzene rings is 1. The number of hydrogen-bond acceptors (Lipinski definition) is 3. The topological polar surface area (TPSA) is 55.8 Å². The maximum atomic E-state index is 10.9. The van der Waals surface area contributed by atoms with E-state index in [0.29, 0.717) is 0 Å². The van der Waals surface area contributed by atoms with E-state index in [-0.39, 0.29) is 5.56 Å². The van der Waals surface area contributed by atoms with E-state index in [1.807, 2.05) is 0 Å². The Morgan fingerprint density at radius 3 is 3.14 bits per heavy atom. The number of rotatable bonds is 4. The van der Waals surface area contributed by atoms with Gasteiger partial charge in [0.2, 0.25) is 0 Å². The van der Waals surface area contributed by atoms with Gasteiger partial charge >= 0.3 is 5.97 Å². The highest BCUT2D eigenvalue weighted by Crippen LogP contribution is 2.27. The van der Waals surface area contributed by atoms with Gasteiger partial charge in [0.25, 0.3) is 0 Å². The third-order valence-electron chi connectivity index (χ3n) is 1.46. The van der Waals surface area contributed by atoms with Crippen molar-refractivity contribution in [3.63, 3.8) is 0 Å². The molecule has 0 amide bonds. The van der Waals surface area contributed by atoms with Crippen LogP contribution < -0.4 is 9.47 Å². The Bertz CT molecular complexity index is 563. The summed E-state index contributed by atoms with van der Waals surface area (Å²) in [6, 6.07) is 2.74. The SMILES string of the molecule is [2H]C([2H])([2H])Oc1ccc(C(=O)O)cc1OC([2H])([2H])C([2H])([2H])[2H]. The lowest BCUT2D eigenvalue weighted by Crippen LogP contribution is -2.00. The van der Waals surface area contributed by atoms with Crippen molar-refractivity contribution in [1.29, 1.82) is 0 Å². The summed E-state index contributed by atoms with van der Waals surface area (Å²) in [5, 5.41) is 8.88. The van der Waals surface area contributed by atoms with Crippen molar-refractivity contribution < 1.29 is 30.3 Å². The van der Waals surface area contributed by atoms with E-state index in [1.165, 1.54) is 0 Å². The molecule has 76 valence electrons. The fraction of sp³-hybridized carbons (Fsp3) is 0.300. The molecular weight excluding hydrogens is 184 g/mol. The molecule has 0 radical (unpaired) electrons. The van der Waals surface area contributed by atoms with Crippen LogP contribution >= 0.6 is 0 Å². The summed E-state index contributed by atoms with van der Waals surface area (Å²) in [6.07, 6.45) is 0. The molecule has 0 spiro atoms. The van der Waals surface area contributed by atoms with Gasteiger partial charge in [-0.15, -0.1) is 0 Å². The fourth-order valence-electron chi connectivity index (χ4n) is 0.860. The minimum absolute atomic E-state index is 0.353. The van der Waals surface area contributed by atoms with Gasteiger partial charge in [-0.05, 0) is 25.1 Å². The first-order valence-electron chi connectivity index (χ1n) is 7.48. The van der Waals surface area contributed by atoms with Crippen LogP contribution in [0, 0.1) is 0 Å². The van der Waals surface area contributed by atoms with Crippen molar-refractivity contribution in [1.82, 2.24) is 0 Å². The van der Waals surface area contributed by atoms with Crippen molar-refractivity contribution in [2.24, 2.45) is 0 Å². The minimum atomic E-state index is -3.18. The van der Waals surface area contributed by atoms with Gasteiger partial charge in [-0.25, -0.2) is 4.79 Å². The zero-order chi connectivity index (χ0) is 17.3. The minimum Gasteiger partial charge on any atom is -0.493 e. The highest BCUT2D eigenvalue weighted by atomic mass is 16.5. The van der Waals surface area contributed by atoms with E-state index in [4.69, 9.17) is 16.1 Å². The van der Waals surface area contributed by atoms with Crippen LogP contribution in [0.15, 0.2) is 18.2 Å². The summed E-state index contributed by atoms with van der Waals surface area (Å²) in [4.78, 5) is 10.9. The van der Waals surface area contributed by atoms with Gasteiger partial charge in [0, 0.05) is 4.11 Å². The molecule has 0 heterocycles. The molecule has 0 fully saturated rings. The Labute approximate surface area is 93.3 Å². The average Bonchev–Trinajstić information content (AvgIpc) is 2.27. The predicted octanol–water partition coefficient (Wildman–Crippen LogP) is 1.79. The zero-order valence-electron chi connectivity index (χ0n) is 14.9. The Balaban J connectivity index is 3.29. The molecule has 1 rings (SSSR count). The summed E-state index contributed by atoms with van der Waals surface area (Å²) < 4.78 is 66.0. The predicted molar refractivity (Wildman–Crippen MR) is 51.1 cm³/mol. The Morgan fingerprint density at radius 1 is 1.64 bits per heavy atom. The molecule has 0 aliphatic heterocycles. The van der Waals surface area contributed by atoms with E-state index in [9.17, 15) is 4.79 Å². The molecule has 0 bridgehead atoms. The number of hydrogen-bond donors (Lipinski definition) is 1. The summed E-state index contributed by atoms with van der Waals surface area (Å²) in [6.45, 7) is -6.35. The third kappa shape index (κ3) is 2.16. The van der Waals surface area contributed by atoms with Crippen LogP contribution in [0.5, 0.6) is 11.5 Å². The van der Waals surface area contributed by atoms with E-state index < -0.39 is 37.9 Å². The van der Waals surface area contributed by atoms with Crippen LogP contribution in [0.4, 0.5) is 0 Å². The molecule has 1 aromatic rings. The van der Waals surface area contributed by atoms with Crippen LogP contribution in [-0.4, -0.2) is 24.7 Å². The standard InChI is InChI=1S/C10H12O4/c1-3-14-9-6-7(10(11)12)4-5-8(9)13-2/h4-6H,3H2,1-2H3,(H,11,12)/i1D3,2D3,3D2. The summed E-state index contributed by atoms with van der Waals surface area (Å²) >= 11 is 0. The van der Waals surface area contributed by atoms with Gasteiger partial charge in [0.05, 0.1) is 26.0 Å². The average molecular weight is 204 g/mol. The molecular formula is C10H12O4.